The molecule has 2 rings (SSSR count). The van der Waals surface area contributed by atoms with Crippen molar-refractivity contribution in [1.82, 2.24) is 0 Å². The van der Waals surface area contributed by atoms with E-state index >= 15 is 0 Å². The largest absolute Gasteiger partial charge is 0.385 e. The van der Waals surface area contributed by atoms with Gasteiger partial charge < -0.3 is 21.3 Å². The summed E-state index contributed by atoms with van der Waals surface area (Å²) in [5.41, 5.74) is 2.40. The minimum Gasteiger partial charge on any atom is -0.385 e. The van der Waals surface area contributed by atoms with Crippen molar-refractivity contribution in [2.24, 2.45) is 0 Å². The molecule has 0 fully saturated rings. The van der Waals surface area contributed by atoms with Crippen LogP contribution in [-0.2, 0) is 0 Å². The summed E-state index contributed by atoms with van der Waals surface area (Å²) in [4.78, 5) is 22.8. The molecule has 46 heavy (non-hydrogen) atoms. The maximum atomic E-state index is 12.1. The third-order valence-corrected chi connectivity index (χ3v) is 8.35. The van der Waals surface area contributed by atoms with Crippen molar-refractivity contribution in [2.75, 3.05) is 40.9 Å². The topological polar surface area (TPSA) is 134 Å². The van der Waals surface area contributed by atoms with Gasteiger partial charge in [-0.05, 0) is 43.5 Å². The highest BCUT2D eigenvalue weighted by atomic mass is 16.6. The van der Waals surface area contributed by atoms with Gasteiger partial charge in [-0.1, -0.05) is 117 Å². The summed E-state index contributed by atoms with van der Waals surface area (Å²) in [6, 6.07) is 8.51. The predicted octanol–water partition coefficient (Wildman–Crippen LogP) is 11.6. The van der Waals surface area contributed by atoms with Crippen molar-refractivity contribution in [1.29, 1.82) is 0 Å². The summed E-state index contributed by atoms with van der Waals surface area (Å²) in [5, 5.41) is 37.5. The van der Waals surface area contributed by atoms with Gasteiger partial charge in [0, 0.05) is 25.3 Å². The van der Waals surface area contributed by atoms with Crippen molar-refractivity contribution in [3.8, 4) is 0 Å². The van der Waals surface area contributed by atoms with E-state index in [-0.39, 0.29) is 22.7 Å². The normalized spacial score (nSPS) is 10.9. The van der Waals surface area contributed by atoms with E-state index in [0.717, 1.165) is 69.1 Å². The minimum atomic E-state index is -0.563. The lowest BCUT2D eigenvalue weighted by atomic mass is 10.1. The summed E-state index contributed by atoms with van der Waals surface area (Å²) in [6.07, 6.45) is 21.1. The maximum absolute atomic E-state index is 12.1. The van der Waals surface area contributed by atoms with Gasteiger partial charge in [0.05, 0.1) is 27.3 Å². The third kappa shape index (κ3) is 15.1. The molecule has 0 aromatic heterocycles. The van der Waals surface area contributed by atoms with E-state index in [4.69, 9.17) is 0 Å². The smallest absolute Gasteiger partial charge is 0.299 e. The summed E-state index contributed by atoms with van der Waals surface area (Å²) < 4.78 is 0. The second kappa shape index (κ2) is 23.7. The van der Waals surface area contributed by atoms with Crippen molar-refractivity contribution in [3.05, 3.63) is 50.6 Å². The highest BCUT2D eigenvalue weighted by Crippen LogP contribution is 2.39. The van der Waals surface area contributed by atoms with Crippen molar-refractivity contribution in [3.63, 3.8) is 0 Å². The third-order valence-electron chi connectivity index (χ3n) is 8.35. The van der Waals surface area contributed by atoms with Gasteiger partial charge in [0.2, 0.25) is 0 Å². The summed E-state index contributed by atoms with van der Waals surface area (Å²) in [6.45, 7) is 8.86. The molecule has 2 aromatic carbocycles. The average molecular weight is 641 g/mol. The first kappa shape index (κ1) is 38.6. The first-order valence-electron chi connectivity index (χ1n) is 18.0. The Kier molecular flexibility index (Phi) is 19.9. The fourth-order valence-corrected chi connectivity index (χ4v) is 5.57. The van der Waals surface area contributed by atoms with Crippen molar-refractivity contribution < 1.29 is 9.85 Å². The Labute approximate surface area is 277 Å². The Balaban J connectivity index is 2.22. The number of unbranched alkanes of at least 4 members (excludes halogenated alkanes) is 15. The number of hydrogen-bond acceptors (Lipinski definition) is 8. The van der Waals surface area contributed by atoms with E-state index in [1.807, 2.05) is 18.2 Å². The molecular formula is C36H60N6O4. The number of nitro benzene ring substituents is 2. The molecule has 0 atom stereocenters. The van der Waals surface area contributed by atoms with Gasteiger partial charge in [-0.2, -0.15) is 0 Å². The zero-order valence-corrected chi connectivity index (χ0v) is 28.8. The second-order valence-corrected chi connectivity index (χ2v) is 12.4. The molecule has 2 aromatic rings. The van der Waals surface area contributed by atoms with Crippen LogP contribution < -0.4 is 21.3 Å². The molecule has 0 unspecified atom stereocenters. The molecule has 0 saturated carbocycles. The van der Waals surface area contributed by atoms with Crippen LogP contribution in [0.3, 0.4) is 0 Å². The van der Waals surface area contributed by atoms with E-state index < -0.39 is 9.85 Å². The summed E-state index contributed by atoms with van der Waals surface area (Å²) in [5.74, 6) is 0. The van der Waals surface area contributed by atoms with Gasteiger partial charge >= 0.3 is 0 Å². The number of rotatable bonds is 28. The molecule has 0 spiro atoms. The van der Waals surface area contributed by atoms with Crippen LogP contribution in [0.4, 0.5) is 39.8 Å². The van der Waals surface area contributed by atoms with Crippen LogP contribution >= 0.6 is 0 Å². The lowest BCUT2D eigenvalue weighted by Crippen LogP contribution is -2.09. The van der Waals surface area contributed by atoms with E-state index in [1.54, 1.807) is 0 Å². The molecule has 258 valence electrons. The van der Waals surface area contributed by atoms with Gasteiger partial charge in [-0.25, -0.2) is 0 Å². The molecule has 10 heteroatoms. The number of nitro groups is 2. The second-order valence-electron chi connectivity index (χ2n) is 12.4. The molecule has 0 saturated heterocycles. The highest BCUT2D eigenvalue weighted by molar-refractivity contribution is 5.84. The van der Waals surface area contributed by atoms with Crippen LogP contribution in [0.1, 0.15) is 136 Å². The predicted molar refractivity (Wildman–Crippen MR) is 195 cm³/mol. The molecule has 0 amide bonds. The average Bonchev–Trinajstić information content (AvgIpc) is 3.04. The van der Waals surface area contributed by atoms with Gasteiger partial charge in [0.25, 0.3) is 11.4 Å². The number of anilines is 5. The Morgan fingerprint density at radius 2 is 0.913 bits per heavy atom. The molecule has 0 heterocycles. The standard InChI is InChI=1S/C36H60N6O4/c1-4-7-10-13-16-19-24-37-30-22-23-31(32(27-30)38-25-20-17-14-11-8-5-2)40-34-28-33(39-26-21-18-15-12-9-6-3)35(41(43)44)29-36(34)42(45)46/h22-23,27-29,37-40H,4-21,24-26H2,1-3H3. The van der Waals surface area contributed by atoms with E-state index in [2.05, 4.69) is 42.0 Å². The quantitative estimate of drug-likeness (QED) is 0.0410. The SMILES string of the molecule is CCCCCCCCNc1ccc(Nc2cc(NCCCCCCCC)c([N+](=O)[O-])cc2[N+](=O)[O-])c(NCCCCCCCC)c1. The zero-order valence-electron chi connectivity index (χ0n) is 28.8. The number of benzene rings is 2. The maximum Gasteiger partial charge on any atom is 0.299 e. The highest BCUT2D eigenvalue weighted by Gasteiger charge is 2.25. The van der Waals surface area contributed by atoms with Crippen LogP contribution in [-0.4, -0.2) is 29.5 Å². The first-order valence-corrected chi connectivity index (χ1v) is 18.0. The van der Waals surface area contributed by atoms with E-state index in [9.17, 15) is 20.2 Å². The van der Waals surface area contributed by atoms with Crippen molar-refractivity contribution in [2.45, 2.75) is 136 Å². The van der Waals surface area contributed by atoms with Gasteiger partial charge in [0.15, 0.2) is 0 Å². The Morgan fingerprint density at radius 3 is 1.41 bits per heavy atom. The zero-order chi connectivity index (χ0) is 33.4. The van der Waals surface area contributed by atoms with Gasteiger partial charge in [0.1, 0.15) is 11.4 Å². The van der Waals surface area contributed by atoms with Crippen LogP contribution in [0.25, 0.3) is 0 Å². The fraction of sp³-hybridized carbons (Fsp3) is 0.667. The molecule has 10 nitrogen and oxygen atoms in total. The Bertz CT molecular complexity index is 1160. The number of hydrogen-bond donors (Lipinski definition) is 4. The Hall–Kier alpha value is -3.56. The molecule has 0 bridgehead atoms. The molecule has 0 aliphatic heterocycles. The monoisotopic (exact) mass is 640 g/mol. The molecule has 0 aliphatic rings. The van der Waals surface area contributed by atoms with Crippen LogP contribution in [0.2, 0.25) is 0 Å². The molecular weight excluding hydrogens is 580 g/mol. The summed E-state index contributed by atoms with van der Waals surface area (Å²) in [7, 11) is 0. The van der Waals surface area contributed by atoms with Crippen LogP contribution in [0.5, 0.6) is 0 Å². The fourth-order valence-electron chi connectivity index (χ4n) is 5.57. The number of nitrogens with zero attached hydrogens (tertiary/aromatic N) is 2. The van der Waals surface area contributed by atoms with Gasteiger partial charge in [-0.15, -0.1) is 0 Å². The van der Waals surface area contributed by atoms with Gasteiger partial charge in [-0.3, -0.25) is 20.2 Å². The summed E-state index contributed by atoms with van der Waals surface area (Å²) >= 11 is 0. The molecule has 0 radical (unpaired) electrons. The Morgan fingerprint density at radius 1 is 0.478 bits per heavy atom. The van der Waals surface area contributed by atoms with Crippen molar-refractivity contribution >= 4 is 39.8 Å². The lowest BCUT2D eigenvalue weighted by Gasteiger charge is -2.17. The van der Waals surface area contributed by atoms with E-state index in [1.165, 1.54) is 83.1 Å². The minimum absolute atomic E-state index is 0.219. The molecule has 0 aliphatic carbocycles. The van der Waals surface area contributed by atoms with Crippen LogP contribution in [0.15, 0.2) is 30.3 Å². The number of nitrogens with one attached hydrogen (secondary N) is 4. The van der Waals surface area contributed by atoms with Crippen LogP contribution in [0, 0.1) is 20.2 Å². The molecule has 4 N–H and O–H groups in total. The van der Waals surface area contributed by atoms with E-state index in [0.29, 0.717) is 12.2 Å². The lowest BCUT2D eigenvalue weighted by molar-refractivity contribution is -0.393. The first-order chi connectivity index (χ1) is 22.4.